The molecule has 0 amide bonds. The second-order valence-electron chi connectivity index (χ2n) is 6.65. The summed E-state index contributed by atoms with van der Waals surface area (Å²) in [6, 6.07) is 41.7. The summed E-state index contributed by atoms with van der Waals surface area (Å²) in [5.41, 5.74) is 5.36. The van der Waals surface area contributed by atoms with E-state index in [-0.39, 0.29) is 29.6 Å². The predicted molar refractivity (Wildman–Crippen MR) is 123 cm³/mol. The van der Waals surface area contributed by atoms with Crippen LogP contribution in [0.4, 0.5) is 0 Å². The zero-order valence-corrected chi connectivity index (χ0v) is 19.6. The Morgan fingerprint density at radius 2 is 0.704 bits per heavy atom. The van der Waals surface area contributed by atoms with E-state index in [4.69, 9.17) is 0 Å². The first-order valence-electron chi connectivity index (χ1n) is 8.90. The smallest absolute Gasteiger partial charge is 0.195 e. The van der Waals surface area contributed by atoms with Crippen molar-refractivity contribution in [2.75, 3.05) is 0 Å². The molecule has 0 spiro atoms. The largest absolute Gasteiger partial charge is 1.00 e. The van der Waals surface area contributed by atoms with Gasteiger partial charge in [-0.2, -0.15) is 21.9 Å². The van der Waals surface area contributed by atoms with Crippen molar-refractivity contribution in [2.45, 2.75) is 0 Å². The topological polar surface area (TPSA) is 0 Å². The molecule has 0 saturated heterocycles. The Bertz CT molecular complexity index is 874. The van der Waals surface area contributed by atoms with Gasteiger partial charge in [0.05, 0.1) is 0 Å². The average Bonchev–Trinajstić information content (AvgIpc) is 2.72. The third-order valence-electron chi connectivity index (χ3n) is 5.27. The molecule has 126 valence electrons. The maximum Gasteiger partial charge on any atom is 1.00 e. The van der Waals surface area contributed by atoms with E-state index in [9.17, 15) is 0 Å². The molecule has 3 heteroatoms. The van der Waals surface area contributed by atoms with Gasteiger partial charge in [0.25, 0.3) is 0 Å². The summed E-state index contributed by atoms with van der Waals surface area (Å²) in [6.07, 6.45) is -1.23. The summed E-state index contributed by atoms with van der Waals surface area (Å²) in [5, 5.41) is 0. The SMILES string of the molecule is Ic1ccc([B-](c2ccccc2)(c2ccccc2)c2ccccc2)cc1.[Na+]. The average molecular weight is 468 g/mol. The first-order valence-corrected chi connectivity index (χ1v) is 9.98. The molecule has 0 saturated carbocycles. The molecular formula is C24H19BINa. The number of hydrogen-bond acceptors (Lipinski definition) is 0. The van der Waals surface area contributed by atoms with E-state index in [0.29, 0.717) is 0 Å². The minimum atomic E-state index is -1.23. The van der Waals surface area contributed by atoms with E-state index in [0.717, 1.165) is 0 Å². The van der Waals surface area contributed by atoms with Crippen LogP contribution in [0.25, 0.3) is 0 Å². The molecule has 0 nitrogen and oxygen atoms in total. The Morgan fingerprint density at radius 3 is 1.04 bits per heavy atom. The van der Waals surface area contributed by atoms with E-state index in [2.05, 4.69) is 138 Å². The second kappa shape index (κ2) is 9.25. The first kappa shape index (κ1) is 20.4. The zero-order chi connectivity index (χ0) is 17.8. The van der Waals surface area contributed by atoms with Crippen molar-refractivity contribution in [1.29, 1.82) is 0 Å². The number of rotatable bonds is 4. The minimum absolute atomic E-state index is 0. The minimum Gasteiger partial charge on any atom is -0.195 e. The quantitative estimate of drug-likeness (QED) is 0.306. The second-order valence-corrected chi connectivity index (χ2v) is 7.90. The van der Waals surface area contributed by atoms with Gasteiger partial charge in [0.15, 0.2) is 0 Å². The van der Waals surface area contributed by atoms with Crippen LogP contribution in [0.5, 0.6) is 0 Å². The fourth-order valence-corrected chi connectivity index (χ4v) is 4.49. The summed E-state index contributed by atoms with van der Waals surface area (Å²) in [5.74, 6) is 0. The Labute approximate surface area is 197 Å². The summed E-state index contributed by atoms with van der Waals surface area (Å²) < 4.78 is 1.25. The summed E-state index contributed by atoms with van der Waals surface area (Å²) >= 11 is 2.38. The molecule has 4 rings (SSSR count). The molecule has 0 heterocycles. The summed E-state index contributed by atoms with van der Waals surface area (Å²) in [4.78, 5) is 0. The molecule has 0 aliphatic heterocycles. The summed E-state index contributed by atoms with van der Waals surface area (Å²) in [7, 11) is 0. The third-order valence-corrected chi connectivity index (χ3v) is 5.99. The Balaban J connectivity index is 0.00000210. The standard InChI is InChI=1S/C24H19BI.Na/c26-24-18-16-23(17-19-24)25(20-10-4-1-5-11-20,21-12-6-2-7-13-21)22-14-8-3-9-15-22;/h1-19H;/q-1;+1. The molecule has 0 unspecified atom stereocenters. The van der Waals surface area contributed by atoms with Crippen LogP contribution in [-0.2, 0) is 0 Å². The van der Waals surface area contributed by atoms with Gasteiger partial charge < -0.3 is 0 Å². The Morgan fingerprint density at radius 1 is 0.407 bits per heavy atom. The molecule has 27 heavy (non-hydrogen) atoms. The van der Waals surface area contributed by atoms with Gasteiger partial charge in [-0.25, -0.2) is 0 Å². The molecule has 0 aliphatic carbocycles. The molecule has 4 aromatic rings. The van der Waals surface area contributed by atoms with Crippen molar-refractivity contribution in [3.05, 3.63) is 119 Å². The van der Waals surface area contributed by atoms with E-state index >= 15 is 0 Å². The van der Waals surface area contributed by atoms with Crippen LogP contribution in [0.3, 0.4) is 0 Å². The van der Waals surface area contributed by atoms with Gasteiger partial charge in [-0.3, -0.25) is 0 Å². The van der Waals surface area contributed by atoms with Crippen molar-refractivity contribution in [2.24, 2.45) is 0 Å². The zero-order valence-electron chi connectivity index (χ0n) is 15.4. The van der Waals surface area contributed by atoms with Gasteiger partial charge in [-0.05, 0) is 22.6 Å². The van der Waals surface area contributed by atoms with Gasteiger partial charge in [0.2, 0.25) is 0 Å². The molecule has 0 aromatic heterocycles. The Kier molecular flexibility index (Phi) is 6.99. The summed E-state index contributed by atoms with van der Waals surface area (Å²) in [6.45, 7) is 0. The third kappa shape index (κ3) is 3.95. The molecule has 4 aromatic carbocycles. The number of benzene rings is 4. The van der Waals surface area contributed by atoms with Gasteiger partial charge in [0, 0.05) is 3.57 Å². The fraction of sp³-hybridized carbons (Fsp3) is 0. The van der Waals surface area contributed by atoms with Crippen molar-refractivity contribution in [1.82, 2.24) is 0 Å². The van der Waals surface area contributed by atoms with E-state index in [1.807, 2.05) is 0 Å². The molecule has 0 aliphatic rings. The maximum absolute atomic E-state index is 2.38. The van der Waals surface area contributed by atoms with Gasteiger partial charge in [0.1, 0.15) is 6.15 Å². The van der Waals surface area contributed by atoms with Crippen LogP contribution < -0.4 is 51.4 Å². The van der Waals surface area contributed by atoms with Gasteiger partial charge in [-0.1, -0.05) is 115 Å². The van der Waals surface area contributed by atoms with Crippen LogP contribution in [0, 0.1) is 3.57 Å². The van der Waals surface area contributed by atoms with Crippen LogP contribution in [-0.4, -0.2) is 6.15 Å². The molecular weight excluding hydrogens is 449 g/mol. The monoisotopic (exact) mass is 468 g/mol. The predicted octanol–water partition coefficient (Wildman–Crippen LogP) is 0.673. The molecule has 0 atom stereocenters. The molecule has 0 bridgehead atoms. The number of halogens is 1. The van der Waals surface area contributed by atoms with Crippen LogP contribution in [0.2, 0.25) is 0 Å². The van der Waals surface area contributed by atoms with Crippen LogP contribution >= 0.6 is 22.6 Å². The molecule has 0 fully saturated rings. The van der Waals surface area contributed by atoms with E-state index in [1.54, 1.807) is 0 Å². The van der Waals surface area contributed by atoms with Gasteiger partial charge >= 0.3 is 29.6 Å². The van der Waals surface area contributed by atoms with Gasteiger partial charge in [-0.15, -0.1) is 0 Å². The molecule has 0 radical (unpaired) electrons. The van der Waals surface area contributed by atoms with E-state index < -0.39 is 6.15 Å². The maximum atomic E-state index is 2.38. The van der Waals surface area contributed by atoms with E-state index in [1.165, 1.54) is 25.4 Å². The molecule has 0 N–H and O–H groups in total. The fourth-order valence-electron chi connectivity index (χ4n) is 4.13. The van der Waals surface area contributed by atoms with Crippen LogP contribution in [0.1, 0.15) is 0 Å². The van der Waals surface area contributed by atoms with Crippen molar-refractivity contribution < 1.29 is 29.6 Å². The van der Waals surface area contributed by atoms with Crippen molar-refractivity contribution in [3.63, 3.8) is 0 Å². The Hall–Kier alpha value is -1.33. The normalized spacial score (nSPS) is 10.9. The first-order chi connectivity index (χ1) is 12.8. The van der Waals surface area contributed by atoms with Crippen molar-refractivity contribution >= 4 is 50.6 Å². The van der Waals surface area contributed by atoms with Crippen molar-refractivity contribution in [3.8, 4) is 0 Å². The number of hydrogen-bond donors (Lipinski definition) is 0. The van der Waals surface area contributed by atoms with Crippen LogP contribution in [0.15, 0.2) is 115 Å².